The van der Waals surface area contributed by atoms with E-state index in [1.165, 1.54) is 50.1 Å². The predicted octanol–water partition coefficient (Wildman–Crippen LogP) is 1.60. The number of carbonyl (C=O) groups is 1. The quantitative estimate of drug-likeness (QED) is 0.460. The molecule has 1 N–H and O–H groups in total. The summed E-state index contributed by atoms with van der Waals surface area (Å²) in [7, 11) is 1.63. The van der Waals surface area contributed by atoms with E-state index in [0.717, 1.165) is 10.6 Å². The highest BCUT2D eigenvalue weighted by Gasteiger charge is 2.34. The number of carbonyl (C=O) groups excluding carboxylic acids is 1. The van der Waals surface area contributed by atoms with Gasteiger partial charge in [-0.25, -0.2) is 13.8 Å². The molecular formula is C22H21FN6O4S. The largest absolute Gasteiger partial charge is 0.508 e. The molecule has 1 saturated heterocycles. The summed E-state index contributed by atoms with van der Waals surface area (Å²) in [5, 5.41) is 19.3. The summed E-state index contributed by atoms with van der Waals surface area (Å²) in [4.78, 5) is 43.2. The SMILES string of the molecule is Cc1c(-n2nccn2)sc2c1c(=O)n([C@H]1CCN(C)C1=O)c(=O)n2CCc1cc(F)ccc1O. The van der Waals surface area contributed by atoms with Crippen molar-refractivity contribution in [2.45, 2.75) is 32.4 Å². The van der Waals surface area contributed by atoms with Crippen LogP contribution in [-0.4, -0.2) is 53.6 Å². The van der Waals surface area contributed by atoms with Crippen LogP contribution in [0, 0.1) is 12.7 Å². The lowest BCUT2D eigenvalue weighted by molar-refractivity contribution is -0.129. The van der Waals surface area contributed by atoms with E-state index in [0.29, 0.717) is 39.3 Å². The third kappa shape index (κ3) is 3.41. The number of phenolic OH excluding ortho intramolecular Hbond substituents is 1. The number of aryl methyl sites for hydroxylation is 3. The minimum absolute atomic E-state index is 0.0648. The number of aromatic nitrogens is 5. The van der Waals surface area contributed by atoms with E-state index in [1.807, 2.05) is 0 Å². The van der Waals surface area contributed by atoms with E-state index in [2.05, 4.69) is 10.2 Å². The number of halogens is 1. The molecule has 0 saturated carbocycles. The number of amides is 1. The molecule has 1 aliphatic rings. The summed E-state index contributed by atoms with van der Waals surface area (Å²) in [5.41, 5.74) is -0.234. The van der Waals surface area contributed by atoms with E-state index >= 15 is 0 Å². The molecule has 176 valence electrons. The number of hydrogen-bond donors (Lipinski definition) is 1. The van der Waals surface area contributed by atoms with Gasteiger partial charge in [0.05, 0.1) is 17.8 Å². The first-order chi connectivity index (χ1) is 16.3. The Labute approximate surface area is 196 Å². The van der Waals surface area contributed by atoms with Crippen LogP contribution in [0.3, 0.4) is 0 Å². The van der Waals surface area contributed by atoms with Crippen LogP contribution in [-0.2, 0) is 17.8 Å². The number of likely N-dealkylation sites (N-methyl/N-ethyl adjacent to an activating group) is 1. The molecule has 0 aliphatic carbocycles. The fourth-order valence-corrected chi connectivity index (χ4v) is 5.60. The summed E-state index contributed by atoms with van der Waals surface area (Å²) in [6.45, 7) is 2.25. The average molecular weight is 485 g/mol. The number of aromatic hydroxyl groups is 1. The molecule has 1 fully saturated rings. The van der Waals surface area contributed by atoms with Crippen molar-refractivity contribution in [3.8, 4) is 10.8 Å². The summed E-state index contributed by atoms with van der Waals surface area (Å²) < 4.78 is 16.2. The molecule has 0 bridgehead atoms. The molecule has 12 heteroatoms. The van der Waals surface area contributed by atoms with Crippen molar-refractivity contribution < 1.29 is 14.3 Å². The average Bonchev–Trinajstić information content (AvgIpc) is 3.52. The molecule has 4 aromatic rings. The van der Waals surface area contributed by atoms with Crippen molar-refractivity contribution >= 4 is 27.5 Å². The van der Waals surface area contributed by atoms with E-state index in [4.69, 9.17) is 0 Å². The van der Waals surface area contributed by atoms with Gasteiger partial charge in [0.15, 0.2) is 0 Å². The molecule has 0 radical (unpaired) electrons. The molecular weight excluding hydrogens is 463 g/mol. The van der Waals surface area contributed by atoms with Gasteiger partial charge in [0, 0.05) is 25.7 Å². The van der Waals surface area contributed by atoms with Gasteiger partial charge in [-0.3, -0.25) is 14.2 Å². The summed E-state index contributed by atoms with van der Waals surface area (Å²) in [5.74, 6) is -0.890. The Balaban J connectivity index is 1.73. The number of rotatable bonds is 5. The number of fused-ring (bicyclic) bond motifs is 1. The van der Waals surface area contributed by atoms with Crippen molar-refractivity contribution in [1.82, 2.24) is 29.0 Å². The molecule has 3 aromatic heterocycles. The van der Waals surface area contributed by atoms with Crippen LogP contribution in [0.15, 0.2) is 40.2 Å². The summed E-state index contributed by atoms with van der Waals surface area (Å²) >= 11 is 1.19. The normalized spacial score (nSPS) is 16.1. The van der Waals surface area contributed by atoms with Gasteiger partial charge in [-0.1, -0.05) is 11.3 Å². The zero-order valence-electron chi connectivity index (χ0n) is 18.4. The topological polar surface area (TPSA) is 115 Å². The molecule has 1 amide bonds. The van der Waals surface area contributed by atoms with Gasteiger partial charge in [0.2, 0.25) is 5.91 Å². The van der Waals surface area contributed by atoms with Crippen LogP contribution in [0.1, 0.15) is 23.6 Å². The van der Waals surface area contributed by atoms with Gasteiger partial charge >= 0.3 is 5.69 Å². The maximum Gasteiger partial charge on any atom is 0.332 e. The number of nitrogens with zero attached hydrogens (tertiary/aromatic N) is 6. The van der Waals surface area contributed by atoms with Crippen molar-refractivity contribution in [2.24, 2.45) is 0 Å². The van der Waals surface area contributed by atoms with Crippen molar-refractivity contribution in [2.75, 3.05) is 13.6 Å². The lowest BCUT2D eigenvalue weighted by Crippen LogP contribution is -2.44. The number of benzene rings is 1. The Morgan fingerprint density at radius 3 is 2.62 bits per heavy atom. The molecule has 1 aliphatic heterocycles. The highest BCUT2D eigenvalue weighted by molar-refractivity contribution is 7.21. The van der Waals surface area contributed by atoms with Gasteiger partial charge in [-0.15, -0.1) is 4.80 Å². The number of thiophene rings is 1. The number of hydrogen-bond acceptors (Lipinski definition) is 7. The highest BCUT2D eigenvalue weighted by atomic mass is 32.1. The van der Waals surface area contributed by atoms with E-state index in [1.54, 1.807) is 14.0 Å². The standard InChI is InChI=1S/C22H21FN6O4S/c1-12-17-19(32)28(15-6-9-26(2)18(15)31)22(33)27(10-5-13-11-14(23)3-4-16(13)30)21(17)34-20(12)29-24-7-8-25-29/h3-4,7-8,11,15,30H,5-6,9-10H2,1-2H3/t15-/m0/s1. The molecule has 0 unspecified atom stereocenters. The molecule has 5 rings (SSSR count). The maximum atomic E-state index is 13.7. The first-order valence-corrected chi connectivity index (χ1v) is 11.5. The van der Waals surface area contributed by atoms with Crippen LogP contribution in [0.4, 0.5) is 4.39 Å². The van der Waals surface area contributed by atoms with Crippen LogP contribution < -0.4 is 11.2 Å². The third-order valence-corrected chi connectivity index (χ3v) is 7.46. The summed E-state index contributed by atoms with van der Waals surface area (Å²) in [6, 6.07) is 2.72. The second-order valence-corrected chi connectivity index (χ2v) is 9.21. The fourth-order valence-electron chi connectivity index (χ4n) is 4.37. The Kier molecular flexibility index (Phi) is 5.31. The second kappa shape index (κ2) is 8.20. The first kappa shape index (κ1) is 22.0. The second-order valence-electron chi connectivity index (χ2n) is 8.23. The smallest absolute Gasteiger partial charge is 0.332 e. The van der Waals surface area contributed by atoms with Crippen molar-refractivity contribution in [1.29, 1.82) is 0 Å². The number of phenols is 1. The van der Waals surface area contributed by atoms with Gasteiger partial charge in [-0.05, 0) is 43.5 Å². The lowest BCUT2D eigenvalue weighted by Gasteiger charge is -2.16. The molecule has 1 atom stereocenters. The molecule has 10 nitrogen and oxygen atoms in total. The monoisotopic (exact) mass is 484 g/mol. The zero-order valence-corrected chi connectivity index (χ0v) is 19.3. The minimum atomic E-state index is -0.895. The lowest BCUT2D eigenvalue weighted by atomic mass is 10.1. The Morgan fingerprint density at radius 1 is 1.21 bits per heavy atom. The summed E-state index contributed by atoms with van der Waals surface area (Å²) in [6.07, 6.45) is 3.50. The molecule has 34 heavy (non-hydrogen) atoms. The third-order valence-electron chi connectivity index (χ3n) is 6.18. The Bertz CT molecular complexity index is 1540. The first-order valence-electron chi connectivity index (χ1n) is 10.7. The Hall–Kier alpha value is -3.80. The van der Waals surface area contributed by atoms with Gasteiger partial charge in [-0.2, -0.15) is 10.2 Å². The number of likely N-dealkylation sites (tertiary alicyclic amines) is 1. The van der Waals surface area contributed by atoms with Crippen LogP contribution >= 0.6 is 11.3 Å². The van der Waals surface area contributed by atoms with E-state index in [-0.39, 0.29) is 24.6 Å². The predicted molar refractivity (Wildman–Crippen MR) is 123 cm³/mol. The van der Waals surface area contributed by atoms with Crippen LogP contribution in [0.5, 0.6) is 5.75 Å². The Morgan fingerprint density at radius 2 is 1.94 bits per heavy atom. The molecule has 1 aromatic carbocycles. The maximum absolute atomic E-state index is 13.7. The zero-order chi connectivity index (χ0) is 24.1. The molecule has 0 spiro atoms. The van der Waals surface area contributed by atoms with Crippen LogP contribution in [0.25, 0.3) is 15.2 Å². The fraction of sp³-hybridized carbons (Fsp3) is 0.318. The highest BCUT2D eigenvalue weighted by Crippen LogP contribution is 2.31. The van der Waals surface area contributed by atoms with E-state index < -0.39 is 23.1 Å². The van der Waals surface area contributed by atoms with Crippen LogP contribution in [0.2, 0.25) is 0 Å². The van der Waals surface area contributed by atoms with E-state index in [9.17, 15) is 23.9 Å². The minimum Gasteiger partial charge on any atom is -0.508 e. The van der Waals surface area contributed by atoms with Crippen molar-refractivity contribution in [3.63, 3.8) is 0 Å². The van der Waals surface area contributed by atoms with Gasteiger partial charge in [0.1, 0.15) is 27.4 Å². The van der Waals surface area contributed by atoms with Gasteiger partial charge in [0.25, 0.3) is 5.56 Å². The molecule has 4 heterocycles. The van der Waals surface area contributed by atoms with Crippen molar-refractivity contribution in [3.05, 3.63) is 68.4 Å². The van der Waals surface area contributed by atoms with Gasteiger partial charge < -0.3 is 10.0 Å².